The quantitative estimate of drug-likeness (QED) is 0.290. The van der Waals surface area contributed by atoms with Crippen molar-refractivity contribution in [1.29, 1.82) is 0 Å². The molecule has 1 atom stereocenters. The Balaban J connectivity index is 1.57. The lowest BCUT2D eigenvalue weighted by atomic mass is 9.98. The van der Waals surface area contributed by atoms with Gasteiger partial charge >= 0.3 is 0 Å². The molecule has 0 aliphatic rings. The van der Waals surface area contributed by atoms with Crippen molar-refractivity contribution < 1.29 is 0 Å². The van der Waals surface area contributed by atoms with E-state index in [1.54, 1.807) is 11.3 Å². The molecule has 0 radical (unpaired) electrons. The minimum atomic E-state index is -0.000951. The van der Waals surface area contributed by atoms with E-state index in [4.69, 9.17) is 4.98 Å². The molecule has 0 aliphatic carbocycles. The van der Waals surface area contributed by atoms with E-state index in [1.807, 2.05) is 18.2 Å². The molecule has 0 aliphatic heterocycles. The van der Waals surface area contributed by atoms with Crippen molar-refractivity contribution in [2.24, 2.45) is 7.05 Å². The highest BCUT2D eigenvalue weighted by Gasteiger charge is 2.20. The molecular formula is C25H20BrN3S. The van der Waals surface area contributed by atoms with E-state index >= 15 is 0 Å². The van der Waals surface area contributed by atoms with Gasteiger partial charge in [0.1, 0.15) is 0 Å². The number of anilines is 1. The molecule has 5 aromatic rings. The number of rotatable bonds is 5. The SMILES string of the molecule is Cn1cc(C(Nc2nc(-c3ccccc3)cs2)c2ccc(Br)cc2)c2ccccc21. The fourth-order valence-corrected chi connectivity index (χ4v) is 4.82. The lowest BCUT2D eigenvalue weighted by Gasteiger charge is -2.19. The van der Waals surface area contributed by atoms with Crippen LogP contribution >= 0.6 is 27.3 Å². The first kappa shape index (κ1) is 19.1. The van der Waals surface area contributed by atoms with Crippen LogP contribution in [-0.4, -0.2) is 9.55 Å². The molecule has 1 unspecified atom stereocenters. The molecule has 5 heteroatoms. The van der Waals surface area contributed by atoms with Crippen LogP contribution in [0.2, 0.25) is 0 Å². The average Bonchev–Trinajstić information content (AvgIpc) is 3.38. The molecule has 0 fully saturated rings. The normalized spacial score (nSPS) is 12.2. The molecule has 0 spiro atoms. The van der Waals surface area contributed by atoms with Gasteiger partial charge in [-0.25, -0.2) is 4.98 Å². The summed E-state index contributed by atoms with van der Waals surface area (Å²) in [6, 6.07) is 27.3. The van der Waals surface area contributed by atoms with Gasteiger partial charge in [0.05, 0.1) is 11.7 Å². The highest BCUT2D eigenvalue weighted by Crippen LogP contribution is 2.35. The van der Waals surface area contributed by atoms with Crippen LogP contribution in [0.5, 0.6) is 0 Å². The lowest BCUT2D eigenvalue weighted by Crippen LogP contribution is -2.12. The number of fused-ring (bicyclic) bond motifs is 1. The van der Waals surface area contributed by atoms with Gasteiger partial charge in [0.15, 0.2) is 5.13 Å². The smallest absolute Gasteiger partial charge is 0.183 e. The molecule has 0 saturated carbocycles. The van der Waals surface area contributed by atoms with Crippen LogP contribution in [0.1, 0.15) is 17.2 Å². The van der Waals surface area contributed by atoms with Crippen molar-refractivity contribution in [3.63, 3.8) is 0 Å². The first-order valence-electron chi connectivity index (χ1n) is 9.76. The third-order valence-electron chi connectivity index (χ3n) is 5.28. The monoisotopic (exact) mass is 473 g/mol. The first-order valence-corrected chi connectivity index (χ1v) is 11.4. The number of halogens is 1. The van der Waals surface area contributed by atoms with E-state index in [1.165, 1.54) is 22.0 Å². The van der Waals surface area contributed by atoms with Crippen LogP contribution in [0.3, 0.4) is 0 Å². The molecule has 3 aromatic carbocycles. The summed E-state index contributed by atoms with van der Waals surface area (Å²) in [5.41, 5.74) is 5.79. The van der Waals surface area contributed by atoms with E-state index in [2.05, 4.69) is 105 Å². The van der Waals surface area contributed by atoms with Gasteiger partial charge in [0.25, 0.3) is 0 Å². The van der Waals surface area contributed by atoms with E-state index in [0.29, 0.717) is 0 Å². The topological polar surface area (TPSA) is 29.9 Å². The zero-order chi connectivity index (χ0) is 20.5. The largest absolute Gasteiger partial charge is 0.351 e. The number of aromatic nitrogens is 2. The van der Waals surface area contributed by atoms with Gasteiger partial charge < -0.3 is 9.88 Å². The zero-order valence-electron chi connectivity index (χ0n) is 16.4. The summed E-state index contributed by atoms with van der Waals surface area (Å²) in [6.45, 7) is 0. The molecule has 1 N–H and O–H groups in total. The van der Waals surface area contributed by atoms with Crippen molar-refractivity contribution in [1.82, 2.24) is 9.55 Å². The second-order valence-electron chi connectivity index (χ2n) is 7.25. The van der Waals surface area contributed by atoms with E-state index in [-0.39, 0.29) is 6.04 Å². The summed E-state index contributed by atoms with van der Waals surface area (Å²) in [4.78, 5) is 4.87. The van der Waals surface area contributed by atoms with Crippen molar-refractivity contribution in [3.05, 3.63) is 106 Å². The Morgan fingerprint density at radius 1 is 0.933 bits per heavy atom. The maximum atomic E-state index is 4.87. The van der Waals surface area contributed by atoms with Crippen molar-refractivity contribution in [3.8, 4) is 11.3 Å². The summed E-state index contributed by atoms with van der Waals surface area (Å²) in [6.07, 6.45) is 2.22. The second kappa shape index (κ2) is 8.09. The number of thiazole rings is 1. The van der Waals surface area contributed by atoms with Crippen LogP contribution in [0.25, 0.3) is 22.2 Å². The predicted molar refractivity (Wildman–Crippen MR) is 130 cm³/mol. The Morgan fingerprint density at radius 3 is 2.47 bits per heavy atom. The number of hydrogen-bond acceptors (Lipinski definition) is 3. The Labute approximate surface area is 188 Å². The summed E-state index contributed by atoms with van der Waals surface area (Å²) < 4.78 is 3.26. The van der Waals surface area contributed by atoms with Gasteiger partial charge in [-0.2, -0.15) is 0 Å². The second-order valence-corrected chi connectivity index (χ2v) is 9.02. The molecular weight excluding hydrogens is 454 g/mol. The predicted octanol–water partition coefficient (Wildman–Crippen LogP) is 7.27. The van der Waals surface area contributed by atoms with Gasteiger partial charge in [-0.05, 0) is 23.8 Å². The van der Waals surface area contributed by atoms with Crippen LogP contribution in [0.4, 0.5) is 5.13 Å². The summed E-state index contributed by atoms with van der Waals surface area (Å²) in [7, 11) is 2.10. The van der Waals surface area contributed by atoms with E-state index in [9.17, 15) is 0 Å². The Kier molecular flexibility index (Phi) is 5.15. The number of nitrogens with zero attached hydrogens (tertiary/aromatic N) is 2. The number of nitrogens with one attached hydrogen (secondary N) is 1. The number of benzene rings is 3. The molecule has 148 valence electrons. The fourth-order valence-electron chi connectivity index (χ4n) is 3.80. The Morgan fingerprint density at radius 2 is 1.67 bits per heavy atom. The number of para-hydroxylation sites is 1. The Hall–Kier alpha value is -2.89. The highest BCUT2D eigenvalue weighted by molar-refractivity contribution is 9.10. The fraction of sp³-hybridized carbons (Fsp3) is 0.0800. The number of aryl methyl sites for hydroxylation is 1. The molecule has 0 bridgehead atoms. The van der Waals surface area contributed by atoms with Gasteiger partial charge in [0, 0.05) is 45.1 Å². The summed E-state index contributed by atoms with van der Waals surface area (Å²) in [5, 5.41) is 7.98. The zero-order valence-corrected chi connectivity index (χ0v) is 18.8. The minimum Gasteiger partial charge on any atom is -0.351 e. The summed E-state index contributed by atoms with van der Waals surface area (Å²) >= 11 is 5.20. The maximum Gasteiger partial charge on any atom is 0.183 e. The standard InChI is InChI=1S/C25H20BrN3S/c1-29-15-21(20-9-5-6-10-23(20)29)24(18-11-13-19(26)14-12-18)28-25-27-22(16-30-25)17-7-3-2-4-8-17/h2-16,24H,1H3,(H,27,28). The lowest BCUT2D eigenvalue weighted by molar-refractivity contribution is 0.907. The summed E-state index contributed by atoms with van der Waals surface area (Å²) in [5.74, 6) is 0. The van der Waals surface area contributed by atoms with Gasteiger partial charge in [0.2, 0.25) is 0 Å². The molecule has 0 amide bonds. The maximum absolute atomic E-state index is 4.87. The van der Waals surface area contributed by atoms with Crippen LogP contribution in [0.15, 0.2) is 94.9 Å². The van der Waals surface area contributed by atoms with Crippen molar-refractivity contribution >= 4 is 43.3 Å². The first-order chi connectivity index (χ1) is 14.7. The minimum absolute atomic E-state index is 0.000951. The molecule has 0 saturated heterocycles. The molecule has 30 heavy (non-hydrogen) atoms. The van der Waals surface area contributed by atoms with Gasteiger partial charge in [-0.3, -0.25) is 0 Å². The van der Waals surface area contributed by atoms with Crippen LogP contribution < -0.4 is 5.32 Å². The molecule has 3 nitrogen and oxygen atoms in total. The van der Waals surface area contributed by atoms with Crippen LogP contribution in [-0.2, 0) is 7.05 Å². The Bertz CT molecular complexity index is 1290. The van der Waals surface area contributed by atoms with Crippen molar-refractivity contribution in [2.75, 3.05) is 5.32 Å². The van der Waals surface area contributed by atoms with Crippen molar-refractivity contribution in [2.45, 2.75) is 6.04 Å². The molecule has 5 rings (SSSR count). The van der Waals surface area contributed by atoms with E-state index < -0.39 is 0 Å². The number of hydrogen-bond donors (Lipinski definition) is 1. The third kappa shape index (κ3) is 3.66. The highest BCUT2D eigenvalue weighted by atomic mass is 79.9. The third-order valence-corrected chi connectivity index (χ3v) is 6.59. The van der Waals surface area contributed by atoms with Gasteiger partial charge in [-0.1, -0.05) is 76.6 Å². The molecule has 2 heterocycles. The van der Waals surface area contributed by atoms with Gasteiger partial charge in [-0.15, -0.1) is 11.3 Å². The van der Waals surface area contributed by atoms with E-state index in [0.717, 1.165) is 20.9 Å². The molecule has 2 aromatic heterocycles. The van der Waals surface area contributed by atoms with Crippen LogP contribution in [0, 0.1) is 0 Å². The average molecular weight is 474 g/mol.